The van der Waals surface area contributed by atoms with Crippen LogP contribution >= 0.6 is 24.4 Å². The summed E-state index contributed by atoms with van der Waals surface area (Å²) in [6.45, 7) is 6.14. The van der Waals surface area contributed by atoms with Crippen molar-refractivity contribution < 1.29 is 103 Å². The third-order valence-electron chi connectivity index (χ3n) is 15.8. The zero-order valence-corrected chi connectivity index (χ0v) is 61.5. The van der Waals surface area contributed by atoms with Gasteiger partial charge in [0.2, 0.25) is 47.3 Å². The van der Waals surface area contributed by atoms with Gasteiger partial charge in [-0.15, -0.1) is 0 Å². The number of carboxylic acid groups (broad SMARTS) is 3. The fourth-order valence-electron chi connectivity index (χ4n) is 10.1. The second-order valence-corrected chi connectivity index (χ2v) is 25.0. The van der Waals surface area contributed by atoms with E-state index in [1.807, 2.05) is 12.1 Å². The van der Waals surface area contributed by atoms with Crippen LogP contribution in [-0.2, 0) is 71.7 Å². The summed E-state index contributed by atoms with van der Waals surface area (Å²) in [6, 6.07) is 6.25. The zero-order valence-electron chi connectivity index (χ0n) is 59.9. The Labute approximate surface area is 618 Å². The van der Waals surface area contributed by atoms with E-state index in [1.54, 1.807) is 31.7 Å². The maximum Gasteiger partial charge on any atom is 0.317 e. The maximum absolute atomic E-state index is 13.6. The highest BCUT2D eigenvalue weighted by molar-refractivity contribution is 7.80. The SMILES string of the molecule is CC(=O)N(O)CCCCCNC(=O)CCC(=O)N(O)CCCCCNC(=O)CCC(=O)N(O)CCCCCNC(=O)[C@H](CCCCNC(=O)CN1CCN(CC(=O)O)CCN(CC(=O)O)CCN(CC(=O)O)CC1)NC(=O)CCOCCOCCOCCOCCNC(=S)Nc1ccc(N=C=S)cc1. The van der Waals surface area contributed by atoms with Gasteiger partial charge in [0, 0.05) is 149 Å². The largest absolute Gasteiger partial charge is 0.480 e. The van der Waals surface area contributed by atoms with Crippen molar-refractivity contribution in [3.63, 3.8) is 0 Å². The lowest BCUT2D eigenvalue weighted by atomic mass is 10.1. The average Bonchev–Trinajstić information content (AvgIpc) is 0.915. The van der Waals surface area contributed by atoms with Gasteiger partial charge in [0.25, 0.3) is 0 Å². The quantitative estimate of drug-likeness (QED) is 0.0139. The number of hydrogen-bond donors (Lipinski definition) is 13. The van der Waals surface area contributed by atoms with Crippen LogP contribution in [0, 0.1) is 0 Å². The van der Waals surface area contributed by atoms with Crippen molar-refractivity contribution in [2.75, 3.05) is 189 Å². The Morgan fingerprint density at radius 1 is 0.462 bits per heavy atom. The summed E-state index contributed by atoms with van der Waals surface area (Å²) in [7, 11) is 0. The number of nitrogens with zero attached hydrogens (tertiary/aromatic N) is 8. The van der Waals surface area contributed by atoms with Gasteiger partial charge in [-0.1, -0.05) is 0 Å². The van der Waals surface area contributed by atoms with E-state index in [0.717, 1.165) is 5.69 Å². The summed E-state index contributed by atoms with van der Waals surface area (Å²) in [5.41, 5.74) is 1.48. The molecular formula is C66H111N15O21S2. The van der Waals surface area contributed by atoms with Crippen LogP contribution in [0.25, 0.3) is 0 Å². The van der Waals surface area contributed by atoms with E-state index in [9.17, 15) is 83.7 Å². The van der Waals surface area contributed by atoms with E-state index >= 15 is 0 Å². The molecule has 0 aromatic heterocycles. The number of carbonyl (C=O) groups is 11. The van der Waals surface area contributed by atoms with Crippen LogP contribution in [0.1, 0.15) is 116 Å². The number of isothiocyanates is 1. The Morgan fingerprint density at radius 3 is 1.29 bits per heavy atom. The smallest absolute Gasteiger partial charge is 0.317 e. The normalized spacial score (nSPS) is 13.5. The molecule has 1 aromatic carbocycles. The maximum atomic E-state index is 13.6. The molecule has 1 aliphatic heterocycles. The minimum atomic E-state index is -1.07. The average molecular weight is 1510 g/mol. The number of benzene rings is 1. The van der Waals surface area contributed by atoms with E-state index in [1.165, 1.54) is 6.92 Å². The highest BCUT2D eigenvalue weighted by Crippen LogP contribution is 2.16. The zero-order chi connectivity index (χ0) is 76.5. The number of hydrogen-bond acceptors (Lipinski definition) is 25. The van der Waals surface area contributed by atoms with Crippen LogP contribution in [0.5, 0.6) is 0 Å². The van der Waals surface area contributed by atoms with Crippen LogP contribution < -0.4 is 37.2 Å². The predicted molar refractivity (Wildman–Crippen MR) is 386 cm³/mol. The van der Waals surface area contributed by atoms with Crippen LogP contribution in [0.3, 0.4) is 0 Å². The molecule has 38 heteroatoms. The standard InChI is InChI=1S/C66H111N15O21S2/c1-52(82)79(96)28-10-2-6-23-67-56(83)18-20-60(87)80(97)29-11-3-7-24-68-57(84)19-21-61(88)81(98)30-12-4-8-26-70-65(95)55(74-58(85)22-39-99-41-43-101-45-46-102-44-42-100-40-27-71-66(104)73-54-16-14-53(15-17-54)72-51-103)13-5-9-25-69-59(86)47-75-31-33-76(48-62(89)90)35-37-78(50-64(93)94)38-36-77(34-32-75)49-63(91)92/h14-17,55,96-98H,2-13,18-50H2,1H3,(H,67,83)(H,68,84)(H,69,86)(H,70,95)(H,74,85)(H,89,90)(H,91,92)(H,93,94)(H2,71,73,104)/t55-/m0/s1. The van der Waals surface area contributed by atoms with E-state index in [2.05, 4.69) is 59.6 Å². The van der Waals surface area contributed by atoms with Gasteiger partial charge in [-0.05, 0) is 126 Å². The van der Waals surface area contributed by atoms with Crippen molar-refractivity contribution in [1.29, 1.82) is 0 Å². The fraction of sp³-hybridized carbons (Fsp3) is 0.712. The monoisotopic (exact) mass is 1510 g/mol. The van der Waals surface area contributed by atoms with Crippen LogP contribution in [-0.4, -0.2) is 331 Å². The number of anilines is 1. The van der Waals surface area contributed by atoms with E-state index in [4.69, 9.17) is 31.2 Å². The Balaban J connectivity index is 1.78. The van der Waals surface area contributed by atoms with Gasteiger partial charge in [-0.3, -0.25) is 88.0 Å². The predicted octanol–water partition coefficient (Wildman–Crippen LogP) is 0.504. The number of carboxylic acids is 3. The number of ether oxygens (including phenoxy) is 4. The van der Waals surface area contributed by atoms with Crippen LogP contribution in [0.4, 0.5) is 11.4 Å². The highest BCUT2D eigenvalue weighted by Gasteiger charge is 2.24. The van der Waals surface area contributed by atoms with Crippen molar-refractivity contribution in [3.8, 4) is 0 Å². The Morgan fingerprint density at radius 2 is 0.856 bits per heavy atom. The molecule has 1 aliphatic rings. The molecule has 588 valence electrons. The molecule has 2 rings (SSSR count). The van der Waals surface area contributed by atoms with Gasteiger partial charge >= 0.3 is 17.9 Å². The molecule has 8 amide bonds. The molecule has 0 radical (unpaired) electrons. The summed E-state index contributed by atoms with van der Waals surface area (Å²) in [4.78, 5) is 146. The first-order valence-corrected chi connectivity index (χ1v) is 36.2. The van der Waals surface area contributed by atoms with Crippen molar-refractivity contribution >= 4 is 111 Å². The summed E-state index contributed by atoms with van der Waals surface area (Å²) in [5.74, 6) is -6.90. The van der Waals surface area contributed by atoms with Crippen molar-refractivity contribution in [1.82, 2.24) is 66.7 Å². The Bertz CT molecular complexity index is 2750. The molecule has 36 nitrogen and oxygen atoms in total. The fourth-order valence-corrected chi connectivity index (χ4v) is 10.4. The molecule has 1 fully saturated rings. The third-order valence-corrected chi connectivity index (χ3v) is 16.2. The molecule has 104 heavy (non-hydrogen) atoms. The van der Waals surface area contributed by atoms with Gasteiger partial charge in [0.05, 0.1) is 89.9 Å². The number of hydroxylamine groups is 6. The topological polar surface area (TPSA) is 465 Å². The van der Waals surface area contributed by atoms with Gasteiger partial charge in [-0.2, -0.15) is 4.99 Å². The first kappa shape index (κ1) is 92.5. The number of thiocarbonyl (C=S) groups is 2. The molecule has 0 saturated carbocycles. The minimum Gasteiger partial charge on any atom is -0.480 e. The molecular weight excluding hydrogens is 1400 g/mol. The molecule has 1 heterocycles. The second kappa shape index (κ2) is 58.7. The number of carbonyl (C=O) groups excluding carboxylic acids is 8. The third kappa shape index (κ3) is 50.0. The first-order chi connectivity index (χ1) is 49.9. The summed E-state index contributed by atoms with van der Waals surface area (Å²) >= 11 is 9.93. The summed E-state index contributed by atoms with van der Waals surface area (Å²) in [5, 5.41) is 83.0. The highest BCUT2D eigenvalue weighted by atomic mass is 32.1. The number of aliphatic imine (C=N–C) groups is 1. The van der Waals surface area contributed by atoms with Gasteiger partial charge in [0.1, 0.15) is 6.04 Å². The van der Waals surface area contributed by atoms with Gasteiger partial charge < -0.3 is 71.5 Å². The van der Waals surface area contributed by atoms with Gasteiger partial charge in [-0.25, -0.2) is 15.2 Å². The summed E-state index contributed by atoms with van der Waals surface area (Å²) in [6.07, 6.45) is 4.97. The van der Waals surface area contributed by atoms with Crippen molar-refractivity contribution in [3.05, 3.63) is 24.3 Å². The van der Waals surface area contributed by atoms with Crippen molar-refractivity contribution in [2.45, 2.75) is 122 Å². The molecule has 13 N–H and O–H groups in total. The van der Waals surface area contributed by atoms with E-state index < -0.39 is 59.4 Å². The minimum absolute atomic E-state index is 0.0254. The molecule has 0 spiro atoms. The van der Waals surface area contributed by atoms with Crippen LogP contribution in [0.2, 0.25) is 0 Å². The first-order valence-electron chi connectivity index (χ1n) is 35.4. The molecule has 1 aromatic rings. The Hall–Kier alpha value is -7.56. The lowest BCUT2D eigenvalue weighted by molar-refractivity contribution is -0.166. The van der Waals surface area contributed by atoms with Gasteiger partial charge in [0.15, 0.2) is 5.11 Å². The lowest BCUT2D eigenvalue weighted by Gasteiger charge is -2.32. The Kier molecular flexibility index (Phi) is 52.2. The molecule has 1 atom stereocenters. The number of unbranched alkanes of at least 4 members (excludes halogenated alkanes) is 7. The van der Waals surface area contributed by atoms with E-state index in [0.29, 0.717) is 143 Å². The van der Waals surface area contributed by atoms with Crippen LogP contribution in [0.15, 0.2) is 29.3 Å². The number of amides is 8. The summed E-state index contributed by atoms with van der Waals surface area (Å²) < 4.78 is 22.3. The molecule has 0 bridgehead atoms. The molecule has 0 unspecified atom stereocenters. The second-order valence-electron chi connectivity index (χ2n) is 24.4. The number of rotatable bonds is 56. The molecule has 1 saturated heterocycles. The number of aliphatic carboxylic acids is 3. The number of nitrogens with one attached hydrogen (secondary N) is 7. The van der Waals surface area contributed by atoms with E-state index in [-0.39, 0.29) is 188 Å². The molecule has 0 aliphatic carbocycles. The lowest BCUT2D eigenvalue weighted by Crippen LogP contribution is -2.49. The van der Waals surface area contributed by atoms with Crippen molar-refractivity contribution in [2.24, 2.45) is 4.99 Å².